The minimum Gasteiger partial charge on any atom is -0.497 e. The highest BCUT2D eigenvalue weighted by molar-refractivity contribution is 7.13. The predicted octanol–water partition coefficient (Wildman–Crippen LogP) is 4.18. The van der Waals surface area contributed by atoms with Gasteiger partial charge in [0.2, 0.25) is 5.91 Å². The molecule has 0 aliphatic heterocycles. The number of thiazole rings is 1. The Morgan fingerprint density at radius 3 is 2.39 bits per heavy atom. The van der Waals surface area contributed by atoms with Crippen molar-refractivity contribution in [3.63, 3.8) is 0 Å². The van der Waals surface area contributed by atoms with E-state index in [2.05, 4.69) is 15.0 Å². The van der Waals surface area contributed by atoms with E-state index in [9.17, 15) is 9.59 Å². The summed E-state index contributed by atoms with van der Waals surface area (Å²) >= 11 is 1.55. The van der Waals surface area contributed by atoms with Gasteiger partial charge in [0.15, 0.2) is 0 Å². The van der Waals surface area contributed by atoms with Crippen molar-refractivity contribution < 1.29 is 19.1 Å². The third-order valence-corrected chi connectivity index (χ3v) is 5.03. The van der Waals surface area contributed by atoms with Gasteiger partial charge in [-0.05, 0) is 55.0 Å². The van der Waals surface area contributed by atoms with Crippen molar-refractivity contribution in [2.75, 3.05) is 19.5 Å². The van der Waals surface area contributed by atoms with Crippen molar-refractivity contribution in [2.45, 2.75) is 12.8 Å². The molecule has 0 spiro atoms. The quantitative estimate of drug-likeness (QED) is 0.606. The van der Waals surface area contributed by atoms with E-state index in [1.807, 2.05) is 29.6 Å². The van der Waals surface area contributed by atoms with Crippen LogP contribution in [0, 0.1) is 0 Å². The highest BCUT2D eigenvalue weighted by Gasteiger charge is 2.09. The molecule has 0 saturated carbocycles. The fourth-order valence-corrected chi connectivity index (χ4v) is 3.42. The molecule has 0 fully saturated rings. The molecule has 3 rings (SSSR count). The van der Waals surface area contributed by atoms with Crippen molar-refractivity contribution in [3.8, 4) is 16.3 Å². The molecular formula is C21H20N2O4S. The zero-order valence-corrected chi connectivity index (χ0v) is 16.4. The summed E-state index contributed by atoms with van der Waals surface area (Å²) in [6, 6.07) is 14.3. The molecule has 0 saturated heterocycles. The number of rotatable bonds is 7. The number of carbonyl (C=O) groups excluding carboxylic acids is 2. The predicted molar refractivity (Wildman–Crippen MR) is 109 cm³/mol. The molecule has 0 aliphatic rings. The van der Waals surface area contributed by atoms with Crippen molar-refractivity contribution in [2.24, 2.45) is 0 Å². The number of benzene rings is 2. The van der Waals surface area contributed by atoms with Crippen molar-refractivity contribution in [3.05, 3.63) is 65.2 Å². The number of anilines is 1. The second kappa shape index (κ2) is 9.14. The van der Waals surface area contributed by atoms with E-state index in [-0.39, 0.29) is 5.91 Å². The number of methoxy groups -OCH3 is 2. The van der Waals surface area contributed by atoms with Gasteiger partial charge in [-0.15, -0.1) is 11.3 Å². The summed E-state index contributed by atoms with van der Waals surface area (Å²) in [6.45, 7) is 0. The summed E-state index contributed by atoms with van der Waals surface area (Å²) in [5.41, 5.74) is 2.98. The largest absolute Gasteiger partial charge is 0.497 e. The van der Waals surface area contributed by atoms with Crippen LogP contribution in [0.15, 0.2) is 53.9 Å². The van der Waals surface area contributed by atoms with Crippen LogP contribution in [0.4, 0.5) is 5.69 Å². The van der Waals surface area contributed by atoms with E-state index in [1.165, 1.54) is 7.11 Å². The smallest absolute Gasteiger partial charge is 0.337 e. The number of nitrogens with zero attached hydrogens (tertiary/aromatic N) is 1. The Morgan fingerprint density at radius 2 is 1.75 bits per heavy atom. The summed E-state index contributed by atoms with van der Waals surface area (Å²) in [4.78, 5) is 28.2. The third kappa shape index (κ3) is 4.95. The van der Waals surface area contributed by atoms with Crippen molar-refractivity contribution in [1.82, 2.24) is 4.98 Å². The van der Waals surface area contributed by atoms with Crippen molar-refractivity contribution >= 4 is 28.9 Å². The summed E-state index contributed by atoms with van der Waals surface area (Å²) in [6.07, 6.45) is 0.878. The molecule has 1 aromatic heterocycles. The standard InChI is InChI=1S/C21H20N2O4S/c1-26-18-10-5-14(6-11-18)20-23-17(13-28-20)9-12-19(24)22-16-7-3-15(4-8-16)21(25)27-2/h3-8,10-11,13H,9,12H2,1-2H3,(H,22,24). The number of nitrogens with one attached hydrogen (secondary N) is 1. The number of hydrogen-bond acceptors (Lipinski definition) is 6. The first kappa shape index (κ1) is 19.6. The molecule has 0 radical (unpaired) electrons. The van der Waals surface area contributed by atoms with Crippen LogP contribution in [0.5, 0.6) is 5.75 Å². The van der Waals surface area contributed by atoms with Crippen LogP contribution in [0.25, 0.3) is 10.6 Å². The highest BCUT2D eigenvalue weighted by atomic mass is 32.1. The van der Waals surface area contributed by atoms with Gasteiger partial charge >= 0.3 is 5.97 Å². The second-order valence-corrected chi connectivity index (χ2v) is 6.85. The van der Waals surface area contributed by atoms with E-state index in [1.54, 1.807) is 42.7 Å². The molecule has 1 amide bonds. The number of aromatic nitrogens is 1. The lowest BCUT2D eigenvalue weighted by Crippen LogP contribution is -2.12. The van der Waals surface area contributed by atoms with Gasteiger partial charge in [0.1, 0.15) is 10.8 Å². The molecule has 6 nitrogen and oxygen atoms in total. The monoisotopic (exact) mass is 396 g/mol. The Morgan fingerprint density at radius 1 is 1.04 bits per heavy atom. The number of aryl methyl sites for hydroxylation is 1. The van der Waals surface area contributed by atoms with Crippen LogP contribution < -0.4 is 10.1 Å². The van der Waals surface area contributed by atoms with Crippen LogP contribution in [0.2, 0.25) is 0 Å². The number of hydrogen-bond donors (Lipinski definition) is 1. The number of esters is 1. The summed E-state index contributed by atoms with van der Waals surface area (Å²) in [5, 5.41) is 5.70. The molecule has 0 atom stereocenters. The van der Waals surface area contributed by atoms with E-state index >= 15 is 0 Å². The molecule has 3 aromatic rings. The Kier molecular flexibility index (Phi) is 6.39. The number of carbonyl (C=O) groups is 2. The van der Waals surface area contributed by atoms with Gasteiger partial charge in [0.25, 0.3) is 0 Å². The van der Waals surface area contributed by atoms with E-state index in [0.29, 0.717) is 24.1 Å². The topological polar surface area (TPSA) is 77.5 Å². The van der Waals surface area contributed by atoms with E-state index in [0.717, 1.165) is 22.0 Å². The van der Waals surface area contributed by atoms with Gasteiger partial charge < -0.3 is 14.8 Å². The Balaban J connectivity index is 1.53. The van der Waals surface area contributed by atoms with Crippen LogP contribution >= 0.6 is 11.3 Å². The molecule has 1 N–H and O–H groups in total. The van der Waals surface area contributed by atoms with E-state index < -0.39 is 5.97 Å². The van der Waals surface area contributed by atoms with Gasteiger partial charge in [-0.3, -0.25) is 4.79 Å². The molecule has 0 bridgehead atoms. The average Bonchev–Trinajstić information content (AvgIpc) is 3.21. The van der Waals surface area contributed by atoms with Crippen LogP contribution in [-0.2, 0) is 16.0 Å². The average molecular weight is 396 g/mol. The van der Waals surface area contributed by atoms with Gasteiger partial charge in [0, 0.05) is 23.1 Å². The minimum atomic E-state index is -0.408. The fraction of sp³-hybridized carbons (Fsp3) is 0.190. The highest BCUT2D eigenvalue weighted by Crippen LogP contribution is 2.26. The molecule has 2 aromatic carbocycles. The van der Waals surface area contributed by atoms with Gasteiger partial charge in [0.05, 0.1) is 25.5 Å². The first-order valence-electron chi connectivity index (χ1n) is 8.66. The first-order chi connectivity index (χ1) is 13.6. The first-order valence-corrected chi connectivity index (χ1v) is 9.54. The molecular weight excluding hydrogens is 376 g/mol. The maximum atomic E-state index is 12.2. The summed E-state index contributed by atoms with van der Waals surface area (Å²) in [7, 11) is 2.96. The maximum Gasteiger partial charge on any atom is 0.337 e. The third-order valence-electron chi connectivity index (χ3n) is 4.09. The summed E-state index contributed by atoms with van der Waals surface area (Å²) in [5.74, 6) is 0.288. The molecule has 144 valence electrons. The molecule has 1 heterocycles. The maximum absolute atomic E-state index is 12.2. The number of amides is 1. The molecule has 7 heteroatoms. The van der Waals surface area contributed by atoms with Gasteiger partial charge in [-0.2, -0.15) is 0 Å². The van der Waals surface area contributed by atoms with Gasteiger partial charge in [-0.25, -0.2) is 9.78 Å². The van der Waals surface area contributed by atoms with Crippen LogP contribution in [0.3, 0.4) is 0 Å². The Labute approximate surface area is 167 Å². The fourth-order valence-electron chi connectivity index (χ4n) is 2.56. The lowest BCUT2D eigenvalue weighted by molar-refractivity contribution is -0.116. The molecule has 0 unspecified atom stereocenters. The van der Waals surface area contributed by atoms with Gasteiger partial charge in [-0.1, -0.05) is 0 Å². The van der Waals surface area contributed by atoms with E-state index in [4.69, 9.17) is 4.74 Å². The lowest BCUT2D eigenvalue weighted by atomic mass is 10.2. The summed E-state index contributed by atoms with van der Waals surface area (Å²) < 4.78 is 9.82. The van der Waals surface area contributed by atoms with Crippen LogP contribution in [-0.4, -0.2) is 31.1 Å². The van der Waals surface area contributed by atoms with Crippen LogP contribution in [0.1, 0.15) is 22.5 Å². The normalized spacial score (nSPS) is 10.4. The SMILES string of the molecule is COC(=O)c1ccc(NC(=O)CCc2csc(-c3ccc(OC)cc3)n2)cc1. The number of ether oxygens (including phenoxy) is 2. The Bertz CT molecular complexity index is 949. The molecule has 0 aliphatic carbocycles. The minimum absolute atomic E-state index is 0.107. The zero-order chi connectivity index (χ0) is 19.9. The lowest BCUT2D eigenvalue weighted by Gasteiger charge is -2.05. The second-order valence-electron chi connectivity index (χ2n) is 5.99. The van der Waals surface area contributed by atoms with Crippen molar-refractivity contribution in [1.29, 1.82) is 0 Å². The zero-order valence-electron chi connectivity index (χ0n) is 15.6. The Hall–Kier alpha value is -3.19. The molecule has 28 heavy (non-hydrogen) atoms.